The molecule has 2 aromatic carbocycles. The molecule has 130 valence electrons. The number of halogens is 4. The zero-order valence-corrected chi connectivity index (χ0v) is 13.4. The quantitative estimate of drug-likeness (QED) is 0.701. The van der Waals surface area contributed by atoms with E-state index in [2.05, 4.69) is 15.3 Å². The van der Waals surface area contributed by atoms with Gasteiger partial charge in [0.15, 0.2) is 0 Å². The first kappa shape index (κ1) is 16.9. The summed E-state index contributed by atoms with van der Waals surface area (Å²) in [6.45, 7) is 0. The van der Waals surface area contributed by atoms with Crippen LogP contribution in [0.5, 0.6) is 0 Å². The Balaban J connectivity index is 2.14. The highest BCUT2D eigenvalue weighted by molar-refractivity contribution is 5.91. The number of para-hydroxylation sites is 1. The molecule has 3 rings (SSSR count). The maximum atomic E-state index is 14.0. The van der Waals surface area contributed by atoms with Crippen molar-refractivity contribution in [2.75, 3.05) is 24.3 Å². The van der Waals surface area contributed by atoms with Gasteiger partial charge in [0.25, 0.3) is 0 Å². The average Bonchev–Trinajstić information content (AvgIpc) is 2.55. The van der Waals surface area contributed by atoms with E-state index in [1.54, 1.807) is 18.2 Å². The molecule has 0 spiro atoms. The number of hydrogen-bond acceptors (Lipinski definition) is 4. The molecular formula is C17H14F4N4. The Kier molecular flexibility index (Phi) is 4.20. The third kappa shape index (κ3) is 3.47. The fraction of sp³-hybridized carbons (Fsp3) is 0.176. The van der Waals surface area contributed by atoms with Crippen molar-refractivity contribution in [2.45, 2.75) is 6.18 Å². The minimum Gasteiger partial charge on any atom is -0.378 e. The van der Waals surface area contributed by atoms with Gasteiger partial charge in [-0.25, -0.2) is 14.4 Å². The van der Waals surface area contributed by atoms with Crippen LogP contribution < -0.4 is 10.2 Å². The van der Waals surface area contributed by atoms with Gasteiger partial charge >= 0.3 is 6.18 Å². The van der Waals surface area contributed by atoms with Gasteiger partial charge in [0, 0.05) is 30.9 Å². The van der Waals surface area contributed by atoms with Crippen molar-refractivity contribution in [3.05, 3.63) is 54.1 Å². The predicted molar refractivity (Wildman–Crippen MR) is 88.5 cm³/mol. The summed E-state index contributed by atoms with van der Waals surface area (Å²) in [6, 6.07) is 11.0. The molecule has 8 heteroatoms. The molecule has 0 atom stereocenters. The number of alkyl halides is 3. The first-order chi connectivity index (χ1) is 11.8. The lowest BCUT2D eigenvalue weighted by Crippen LogP contribution is -2.13. The Morgan fingerprint density at radius 3 is 2.40 bits per heavy atom. The van der Waals surface area contributed by atoms with E-state index < -0.39 is 17.8 Å². The largest absolute Gasteiger partial charge is 0.451 e. The highest BCUT2D eigenvalue weighted by Gasteiger charge is 2.36. The summed E-state index contributed by atoms with van der Waals surface area (Å²) in [5.74, 6) is -2.33. The highest BCUT2D eigenvalue weighted by Crippen LogP contribution is 2.32. The van der Waals surface area contributed by atoms with Gasteiger partial charge in [0.2, 0.25) is 5.82 Å². The van der Waals surface area contributed by atoms with Crippen molar-refractivity contribution in [2.24, 2.45) is 0 Å². The maximum Gasteiger partial charge on any atom is 0.451 e. The molecule has 0 radical (unpaired) electrons. The van der Waals surface area contributed by atoms with Crippen LogP contribution in [-0.4, -0.2) is 24.1 Å². The molecule has 0 aliphatic rings. The van der Waals surface area contributed by atoms with Crippen molar-refractivity contribution in [3.63, 3.8) is 0 Å². The van der Waals surface area contributed by atoms with Crippen LogP contribution in [-0.2, 0) is 6.18 Å². The first-order valence-corrected chi connectivity index (χ1v) is 7.33. The molecule has 0 aliphatic heterocycles. The molecule has 0 amide bonds. The number of rotatable bonds is 3. The molecule has 1 heterocycles. The Bertz CT molecular complexity index is 922. The van der Waals surface area contributed by atoms with Gasteiger partial charge in [0.05, 0.1) is 0 Å². The van der Waals surface area contributed by atoms with Crippen LogP contribution in [0.25, 0.3) is 10.9 Å². The fourth-order valence-corrected chi connectivity index (χ4v) is 2.34. The van der Waals surface area contributed by atoms with Crippen LogP contribution in [0.2, 0.25) is 0 Å². The number of fused-ring (bicyclic) bond motifs is 1. The number of aromatic nitrogens is 2. The predicted octanol–water partition coefficient (Wildman–Crippen LogP) is 4.60. The zero-order chi connectivity index (χ0) is 18.2. The summed E-state index contributed by atoms with van der Waals surface area (Å²) < 4.78 is 53.1. The number of benzene rings is 2. The van der Waals surface area contributed by atoms with E-state index in [9.17, 15) is 17.6 Å². The van der Waals surface area contributed by atoms with Gasteiger partial charge in [-0.1, -0.05) is 12.1 Å². The van der Waals surface area contributed by atoms with Crippen molar-refractivity contribution in [1.29, 1.82) is 0 Å². The third-order valence-electron chi connectivity index (χ3n) is 3.56. The molecule has 0 fully saturated rings. The molecule has 0 saturated heterocycles. The Labute approximate surface area is 141 Å². The van der Waals surface area contributed by atoms with E-state index in [4.69, 9.17) is 0 Å². The second kappa shape index (κ2) is 6.19. The number of nitrogens with one attached hydrogen (secondary N) is 1. The first-order valence-electron chi connectivity index (χ1n) is 7.33. The van der Waals surface area contributed by atoms with Crippen LogP contribution in [0.3, 0.4) is 0 Å². The second-order valence-electron chi connectivity index (χ2n) is 5.60. The van der Waals surface area contributed by atoms with Crippen molar-refractivity contribution in [3.8, 4) is 0 Å². The molecule has 0 bridgehead atoms. The lowest BCUT2D eigenvalue weighted by molar-refractivity contribution is -0.144. The van der Waals surface area contributed by atoms with Gasteiger partial charge in [-0.05, 0) is 30.3 Å². The summed E-state index contributed by atoms with van der Waals surface area (Å²) in [5.41, 5.74) is 1.00. The van der Waals surface area contributed by atoms with Crippen LogP contribution in [0.4, 0.5) is 34.8 Å². The van der Waals surface area contributed by atoms with Crippen molar-refractivity contribution >= 4 is 28.1 Å². The topological polar surface area (TPSA) is 41.0 Å². The van der Waals surface area contributed by atoms with E-state index in [-0.39, 0.29) is 16.7 Å². The normalized spacial score (nSPS) is 11.6. The Morgan fingerprint density at radius 2 is 1.72 bits per heavy atom. The number of nitrogens with zero attached hydrogens (tertiary/aromatic N) is 3. The lowest BCUT2D eigenvalue weighted by atomic mass is 10.2. The summed E-state index contributed by atoms with van der Waals surface area (Å²) in [7, 11) is 3.69. The number of anilines is 3. The summed E-state index contributed by atoms with van der Waals surface area (Å²) >= 11 is 0. The standard InChI is InChI=1S/C17H14F4N4/c1-25(2)11-6-3-5-10(9-11)22-15-12-7-4-8-13(18)14(12)23-16(24-15)17(19,20)21/h3-9H,1-2H3,(H,22,23,24). The van der Waals surface area contributed by atoms with E-state index in [1.807, 2.05) is 25.1 Å². The van der Waals surface area contributed by atoms with Gasteiger partial charge in [-0.3, -0.25) is 0 Å². The monoisotopic (exact) mass is 350 g/mol. The SMILES string of the molecule is CN(C)c1cccc(Nc2nc(C(F)(F)F)nc3c(F)cccc23)c1. The molecular weight excluding hydrogens is 336 g/mol. The third-order valence-corrected chi connectivity index (χ3v) is 3.56. The molecule has 1 N–H and O–H groups in total. The molecule has 25 heavy (non-hydrogen) atoms. The van der Waals surface area contributed by atoms with Crippen LogP contribution in [0.1, 0.15) is 5.82 Å². The van der Waals surface area contributed by atoms with Gasteiger partial charge < -0.3 is 10.2 Å². The molecule has 0 aliphatic carbocycles. The summed E-state index contributed by atoms with van der Waals surface area (Å²) in [5, 5.41) is 3.01. The van der Waals surface area contributed by atoms with E-state index in [1.165, 1.54) is 12.1 Å². The van der Waals surface area contributed by atoms with E-state index >= 15 is 0 Å². The molecule has 3 aromatic rings. The van der Waals surface area contributed by atoms with E-state index in [0.717, 1.165) is 11.8 Å². The molecule has 0 saturated carbocycles. The van der Waals surface area contributed by atoms with Crippen LogP contribution in [0.15, 0.2) is 42.5 Å². The van der Waals surface area contributed by atoms with Gasteiger partial charge in [-0.2, -0.15) is 13.2 Å². The molecule has 1 aromatic heterocycles. The fourth-order valence-electron chi connectivity index (χ4n) is 2.34. The average molecular weight is 350 g/mol. The Morgan fingerprint density at radius 1 is 1.00 bits per heavy atom. The maximum absolute atomic E-state index is 14.0. The molecule has 4 nitrogen and oxygen atoms in total. The smallest absolute Gasteiger partial charge is 0.378 e. The van der Waals surface area contributed by atoms with Gasteiger partial charge in [0.1, 0.15) is 17.2 Å². The highest BCUT2D eigenvalue weighted by atomic mass is 19.4. The second-order valence-corrected chi connectivity index (χ2v) is 5.60. The minimum atomic E-state index is -4.78. The summed E-state index contributed by atoms with van der Waals surface area (Å²) in [4.78, 5) is 8.74. The van der Waals surface area contributed by atoms with Gasteiger partial charge in [-0.15, -0.1) is 0 Å². The van der Waals surface area contributed by atoms with Crippen molar-refractivity contribution < 1.29 is 17.6 Å². The van der Waals surface area contributed by atoms with E-state index in [0.29, 0.717) is 5.69 Å². The van der Waals surface area contributed by atoms with Crippen LogP contribution in [0, 0.1) is 5.82 Å². The number of hydrogen-bond donors (Lipinski definition) is 1. The molecule has 0 unspecified atom stereocenters. The minimum absolute atomic E-state index is 0.104. The Hall–Kier alpha value is -2.90. The van der Waals surface area contributed by atoms with Crippen LogP contribution >= 0.6 is 0 Å². The lowest BCUT2D eigenvalue weighted by Gasteiger charge is -2.16. The zero-order valence-electron chi connectivity index (χ0n) is 13.4. The summed E-state index contributed by atoms with van der Waals surface area (Å²) in [6.07, 6.45) is -4.78. The van der Waals surface area contributed by atoms with Crippen molar-refractivity contribution in [1.82, 2.24) is 9.97 Å².